The first-order valence-electron chi connectivity index (χ1n) is 7.36. The minimum atomic E-state index is 0.773. The first-order valence-corrected chi connectivity index (χ1v) is 7.74. The van der Waals surface area contributed by atoms with Crippen molar-refractivity contribution >= 4 is 17.3 Å². The molecule has 0 spiro atoms. The smallest absolute Gasteiger partial charge is 0.0648 e. The molecular formula is C18H20ClNO. The Labute approximate surface area is 131 Å². The fraction of sp³-hybridized carbons (Fsp3) is 0.333. The summed E-state index contributed by atoms with van der Waals surface area (Å²) in [6.07, 6.45) is 0. The average Bonchev–Trinajstić information content (AvgIpc) is 2.53. The molecule has 0 aromatic heterocycles. The Kier molecular flexibility index (Phi) is 4.18. The van der Waals surface area contributed by atoms with E-state index in [4.69, 9.17) is 16.3 Å². The van der Waals surface area contributed by atoms with Crippen LogP contribution in [-0.2, 0) is 4.74 Å². The van der Waals surface area contributed by atoms with Crippen molar-refractivity contribution in [3.05, 3.63) is 52.5 Å². The third kappa shape index (κ3) is 2.78. The largest absolute Gasteiger partial charge is 0.378 e. The molecule has 0 amide bonds. The molecule has 1 heterocycles. The maximum Gasteiger partial charge on any atom is 0.0648 e. The Morgan fingerprint density at radius 3 is 2.33 bits per heavy atom. The van der Waals surface area contributed by atoms with E-state index >= 15 is 0 Å². The lowest BCUT2D eigenvalue weighted by molar-refractivity contribution is 0.122. The first kappa shape index (κ1) is 14.4. The number of hydrogen-bond donors (Lipinski definition) is 0. The Bertz CT molecular complexity index is 633. The maximum absolute atomic E-state index is 6.61. The number of ether oxygens (including phenoxy) is 1. The van der Waals surface area contributed by atoms with E-state index in [-0.39, 0.29) is 0 Å². The zero-order valence-electron chi connectivity index (χ0n) is 12.5. The molecule has 1 fully saturated rings. The van der Waals surface area contributed by atoms with E-state index in [1.54, 1.807) is 0 Å². The molecule has 1 aliphatic heterocycles. The Hall–Kier alpha value is -1.51. The van der Waals surface area contributed by atoms with Crippen LogP contribution in [0.5, 0.6) is 0 Å². The van der Waals surface area contributed by atoms with Gasteiger partial charge in [-0.2, -0.15) is 0 Å². The first-order chi connectivity index (χ1) is 10.2. The van der Waals surface area contributed by atoms with Crippen molar-refractivity contribution in [2.24, 2.45) is 0 Å². The molecule has 0 radical (unpaired) electrons. The van der Waals surface area contributed by atoms with Gasteiger partial charge in [0.2, 0.25) is 0 Å². The van der Waals surface area contributed by atoms with Crippen LogP contribution in [0.15, 0.2) is 36.4 Å². The summed E-state index contributed by atoms with van der Waals surface area (Å²) in [7, 11) is 0. The summed E-state index contributed by atoms with van der Waals surface area (Å²) in [5.41, 5.74) is 6.16. The van der Waals surface area contributed by atoms with Crippen LogP contribution >= 0.6 is 11.6 Å². The predicted molar refractivity (Wildman–Crippen MR) is 89.4 cm³/mol. The van der Waals surface area contributed by atoms with Crippen LogP contribution in [0.1, 0.15) is 11.1 Å². The second-order valence-corrected chi connectivity index (χ2v) is 5.88. The van der Waals surface area contributed by atoms with Crippen LogP contribution in [0.25, 0.3) is 11.1 Å². The van der Waals surface area contributed by atoms with E-state index in [0.29, 0.717) is 0 Å². The van der Waals surface area contributed by atoms with Gasteiger partial charge in [0.25, 0.3) is 0 Å². The van der Waals surface area contributed by atoms with Gasteiger partial charge in [0.15, 0.2) is 0 Å². The molecule has 21 heavy (non-hydrogen) atoms. The number of anilines is 1. The topological polar surface area (TPSA) is 12.5 Å². The molecule has 3 rings (SSSR count). The van der Waals surface area contributed by atoms with Crippen LogP contribution in [0.2, 0.25) is 5.02 Å². The summed E-state index contributed by atoms with van der Waals surface area (Å²) in [4.78, 5) is 2.34. The van der Waals surface area contributed by atoms with Gasteiger partial charge in [0, 0.05) is 13.1 Å². The molecule has 3 heteroatoms. The zero-order chi connectivity index (χ0) is 14.8. The fourth-order valence-corrected chi connectivity index (χ4v) is 3.33. The summed E-state index contributed by atoms with van der Waals surface area (Å²) >= 11 is 6.61. The molecule has 1 aliphatic rings. The quantitative estimate of drug-likeness (QED) is 0.812. The van der Waals surface area contributed by atoms with E-state index in [2.05, 4.69) is 49.1 Å². The van der Waals surface area contributed by atoms with Gasteiger partial charge in [-0.25, -0.2) is 0 Å². The minimum Gasteiger partial charge on any atom is -0.378 e. The van der Waals surface area contributed by atoms with Crippen molar-refractivity contribution in [1.29, 1.82) is 0 Å². The molecule has 0 unspecified atom stereocenters. The number of hydrogen-bond acceptors (Lipinski definition) is 2. The van der Waals surface area contributed by atoms with Gasteiger partial charge >= 0.3 is 0 Å². The van der Waals surface area contributed by atoms with Crippen LogP contribution in [0.4, 0.5) is 5.69 Å². The van der Waals surface area contributed by atoms with Crippen molar-refractivity contribution < 1.29 is 4.74 Å². The monoisotopic (exact) mass is 301 g/mol. The zero-order valence-corrected chi connectivity index (χ0v) is 13.3. The van der Waals surface area contributed by atoms with Crippen LogP contribution < -0.4 is 4.90 Å². The molecule has 0 saturated carbocycles. The molecule has 0 aliphatic carbocycles. The highest BCUT2D eigenvalue weighted by atomic mass is 35.5. The van der Waals surface area contributed by atoms with Crippen LogP contribution in [0.3, 0.4) is 0 Å². The molecule has 0 atom stereocenters. The number of halogens is 1. The van der Waals surface area contributed by atoms with Gasteiger partial charge in [0.1, 0.15) is 0 Å². The standard InChI is InChI=1S/C18H20ClNO/c1-13-14(2)18(20-8-10-21-11-9-20)17(19)12-16(13)15-6-4-3-5-7-15/h3-7,12H,8-11H2,1-2H3. The van der Waals surface area contributed by atoms with Crippen LogP contribution in [-0.4, -0.2) is 26.3 Å². The Morgan fingerprint density at radius 1 is 1.00 bits per heavy atom. The number of nitrogens with zero attached hydrogens (tertiary/aromatic N) is 1. The number of morpholine rings is 1. The lowest BCUT2D eigenvalue weighted by Gasteiger charge is -2.32. The lowest BCUT2D eigenvalue weighted by Crippen LogP contribution is -2.37. The molecule has 2 aromatic rings. The van der Waals surface area contributed by atoms with Gasteiger partial charge in [-0.15, -0.1) is 0 Å². The Balaban J connectivity index is 2.07. The Morgan fingerprint density at radius 2 is 1.67 bits per heavy atom. The molecule has 0 bridgehead atoms. The normalized spacial score (nSPS) is 15.3. The molecule has 2 aromatic carbocycles. The van der Waals surface area contributed by atoms with Crippen molar-refractivity contribution in [3.63, 3.8) is 0 Å². The van der Waals surface area contributed by atoms with E-state index in [9.17, 15) is 0 Å². The second-order valence-electron chi connectivity index (χ2n) is 5.47. The van der Waals surface area contributed by atoms with Gasteiger partial charge in [-0.05, 0) is 42.2 Å². The summed E-state index contributed by atoms with van der Waals surface area (Å²) in [5.74, 6) is 0. The SMILES string of the molecule is Cc1c(-c2ccccc2)cc(Cl)c(N2CCOCC2)c1C. The van der Waals surface area contributed by atoms with E-state index in [0.717, 1.165) is 37.0 Å². The molecule has 1 saturated heterocycles. The fourth-order valence-electron chi connectivity index (χ4n) is 2.95. The molecule has 110 valence electrons. The number of benzene rings is 2. The summed E-state index contributed by atoms with van der Waals surface area (Å²) in [6, 6.07) is 12.5. The molecular weight excluding hydrogens is 282 g/mol. The van der Waals surface area contributed by atoms with Crippen molar-refractivity contribution in [2.75, 3.05) is 31.2 Å². The van der Waals surface area contributed by atoms with Gasteiger partial charge < -0.3 is 9.64 Å². The average molecular weight is 302 g/mol. The third-order valence-electron chi connectivity index (χ3n) is 4.23. The van der Waals surface area contributed by atoms with E-state index in [1.165, 1.54) is 22.3 Å². The van der Waals surface area contributed by atoms with Gasteiger partial charge in [-0.3, -0.25) is 0 Å². The van der Waals surface area contributed by atoms with E-state index in [1.807, 2.05) is 6.07 Å². The minimum absolute atomic E-state index is 0.773. The van der Waals surface area contributed by atoms with Crippen LogP contribution in [0, 0.1) is 13.8 Å². The third-order valence-corrected chi connectivity index (χ3v) is 4.52. The highest BCUT2D eigenvalue weighted by Gasteiger charge is 2.19. The summed E-state index contributed by atoms with van der Waals surface area (Å²) in [5, 5.41) is 0.832. The highest BCUT2D eigenvalue weighted by molar-refractivity contribution is 6.33. The maximum atomic E-state index is 6.61. The molecule has 0 N–H and O–H groups in total. The summed E-state index contributed by atoms with van der Waals surface area (Å²) in [6.45, 7) is 7.70. The van der Waals surface area contributed by atoms with Crippen molar-refractivity contribution in [1.82, 2.24) is 0 Å². The van der Waals surface area contributed by atoms with Gasteiger partial charge in [0.05, 0.1) is 23.9 Å². The van der Waals surface area contributed by atoms with Crippen molar-refractivity contribution in [2.45, 2.75) is 13.8 Å². The van der Waals surface area contributed by atoms with Gasteiger partial charge in [-0.1, -0.05) is 41.9 Å². The lowest BCUT2D eigenvalue weighted by atomic mass is 9.95. The second kappa shape index (κ2) is 6.08. The molecule has 2 nitrogen and oxygen atoms in total. The van der Waals surface area contributed by atoms with Crippen molar-refractivity contribution in [3.8, 4) is 11.1 Å². The summed E-state index contributed by atoms with van der Waals surface area (Å²) < 4.78 is 5.44. The predicted octanol–water partition coefficient (Wildman–Crippen LogP) is 4.46. The number of rotatable bonds is 2. The highest BCUT2D eigenvalue weighted by Crippen LogP contribution is 2.38. The van der Waals surface area contributed by atoms with E-state index < -0.39 is 0 Å².